The lowest BCUT2D eigenvalue weighted by Gasteiger charge is -2.37. The first kappa shape index (κ1) is 17.6. The van der Waals surface area contributed by atoms with Gasteiger partial charge in [0.2, 0.25) is 10.0 Å². The topological polar surface area (TPSA) is 77.3 Å². The molecule has 0 amide bonds. The number of benzene rings is 2. The quantitative estimate of drug-likeness (QED) is 0.647. The van der Waals surface area contributed by atoms with Crippen molar-refractivity contribution in [2.45, 2.75) is 17.5 Å². The van der Waals surface area contributed by atoms with Crippen molar-refractivity contribution in [2.75, 3.05) is 13.1 Å². The second kappa shape index (κ2) is 7.09. The van der Waals surface area contributed by atoms with Crippen LogP contribution in [0.3, 0.4) is 0 Å². The Kier molecular flexibility index (Phi) is 4.63. The number of halogens is 1. The van der Waals surface area contributed by atoms with E-state index in [1.165, 1.54) is 16.4 Å². The van der Waals surface area contributed by atoms with Crippen LogP contribution in [0.5, 0.6) is 5.75 Å². The molecule has 7 nitrogen and oxygen atoms in total. The maximum absolute atomic E-state index is 13.0. The highest BCUT2D eigenvalue weighted by Gasteiger charge is 2.38. The van der Waals surface area contributed by atoms with Gasteiger partial charge in [-0.1, -0.05) is 23.4 Å². The van der Waals surface area contributed by atoms with E-state index in [9.17, 15) is 12.8 Å². The molecule has 0 saturated carbocycles. The average molecular weight is 388 g/mol. The molecule has 4 rings (SSSR count). The molecular weight excluding hydrogens is 371 g/mol. The van der Waals surface area contributed by atoms with E-state index in [4.69, 9.17) is 4.74 Å². The van der Waals surface area contributed by atoms with Crippen LogP contribution in [0.2, 0.25) is 0 Å². The number of aromatic nitrogens is 3. The fraction of sp³-hybridized carbons (Fsp3) is 0.222. The molecule has 9 heteroatoms. The molecule has 1 saturated heterocycles. The molecule has 2 aromatic carbocycles. The van der Waals surface area contributed by atoms with Crippen molar-refractivity contribution in [2.24, 2.45) is 0 Å². The fourth-order valence-electron chi connectivity index (χ4n) is 2.77. The van der Waals surface area contributed by atoms with Crippen LogP contribution < -0.4 is 4.74 Å². The van der Waals surface area contributed by atoms with Crippen LogP contribution in [0.15, 0.2) is 65.7 Å². The zero-order valence-corrected chi connectivity index (χ0v) is 15.1. The van der Waals surface area contributed by atoms with Crippen molar-refractivity contribution in [1.82, 2.24) is 19.3 Å². The lowest BCUT2D eigenvalue weighted by atomic mass is 10.2. The van der Waals surface area contributed by atoms with E-state index < -0.39 is 15.8 Å². The van der Waals surface area contributed by atoms with Crippen LogP contribution in [0, 0.1) is 5.82 Å². The molecule has 3 aromatic rings. The molecule has 2 heterocycles. The first-order chi connectivity index (χ1) is 13.0. The minimum absolute atomic E-state index is 0.0814. The summed E-state index contributed by atoms with van der Waals surface area (Å²) in [5, 5.41) is 8.13. The molecule has 0 atom stereocenters. The molecular formula is C18H17FN4O3S. The van der Waals surface area contributed by atoms with E-state index in [2.05, 4.69) is 10.3 Å². The molecule has 1 fully saturated rings. The Balaban J connectivity index is 1.36. The average Bonchev–Trinajstić information content (AvgIpc) is 3.08. The van der Waals surface area contributed by atoms with Crippen molar-refractivity contribution < 1.29 is 17.5 Å². The summed E-state index contributed by atoms with van der Waals surface area (Å²) in [5.74, 6) is 0.274. The van der Waals surface area contributed by atoms with Crippen LogP contribution in [-0.4, -0.2) is 40.8 Å². The molecule has 0 aliphatic carbocycles. The summed E-state index contributed by atoms with van der Waals surface area (Å²) in [6, 6.07) is 14.1. The molecule has 0 N–H and O–H groups in total. The van der Waals surface area contributed by atoms with E-state index in [1.54, 1.807) is 10.9 Å². The molecule has 0 spiro atoms. The molecule has 1 aliphatic heterocycles. The van der Waals surface area contributed by atoms with Crippen LogP contribution in [-0.2, 0) is 16.6 Å². The van der Waals surface area contributed by atoms with Crippen molar-refractivity contribution in [1.29, 1.82) is 0 Å². The van der Waals surface area contributed by atoms with E-state index in [0.717, 1.165) is 17.9 Å². The van der Waals surface area contributed by atoms with Gasteiger partial charge in [0.05, 0.1) is 17.1 Å². The van der Waals surface area contributed by atoms with Crippen molar-refractivity contribution >= 4 is 10.0 Å². The second-order valence-electron chi connectivity index (χ2n) is 6.22. The summed E-state index contributed by atoms with van der Waals surface area (Å²) >= 11 is 0. The zero-order valence-electron chi connectivity index (χ0n) is 14.3. The standard InChI is InChI=1S/C18H17FN4O3S/c19-14-6-8-18(9-7-14)27(24,25)22-11-16(12-22)23-10-15(20-21-23)13-26-17-4-2-1-3-5-17/h1-10,16H,11-13H2. The number of sulfonamides is 1. The first-order valence-electron chi connectivity index (χ1n) is 8.37. The van der Waals surface area contributed by atoms with E-state index >= 15 is 0 Å². The normalized spacial score (nSPS) is 15.4. The summed E-state index contributed by atoms with van der Waals surface area (Å²) < 4.78 is 46.6. The summed E-state index contributed by atoms with van der Waals surface area (Å²) in [5.41, 5.74) is 0.665. The van der Waals surface area contributed by atoms with E-state index in [0.29, 0.717) is 18.8 Å². The third kappa shape index (κ3) is 3.69. The lowest BCUT2D eigenvalue weighted by molar-refractivity contribution is 0.188. The monoisotopic (exact) mass is 388 g/mol. The Morgan fingerprint density at radius 3 is 2.48 bits per heavy atom. The maximum Gasteiger partial charge on any atom is 0.243 e. The van der Waals surface area contributed by atoms with Gasteiger partial charge in [-0.2, -0.15) is 4.31 Å². The molecule has 140 valence electrons. The molecule has 1 aromatic heterocycles. The Bertz CT molecular complexity index is 1020. The van der Waals surface area contributed by atoms with Crippen molar-refractivity contribution in [3.05, 3.63) is 72.3 Å². The molecule has 27 heavy (non-hydrogen) atoms. The van der Waals surface area contributed by atoms with Gasteiger partial charge in [0.25, 0.3) is 0 Å². The van der Waals surface area contributed by atoms with Crippen molar-refractivity contribution in [3.63, 3.8) is 0 Å². The maximum atomic E-state index is 13.0. The van der Waals surface area contributed by atoms with Crippen LogP contribution in [0.1, 0.15) is 11.7 Å². The van der Waals surface area contributed by atoms with Gasteiger partial charge < -0.3 is 4.74 Å². The Hall–Kier alpha value is -2.78. The fourth-order valence-corrected chi connectivity index (χ4v) is 4.28. The minimum atomic E-state index is -3.62. The van der Waals surface area contributed by atoms with Gasteiger partial charge in [-0.15, -0.1) is 5.10 Å². The van der Waals surface area contributed by atoms with Gasteiger partial charge in [-0.25, -0.2) is 17.5 Å². The minimum Gasteiger partial charge on any atom is -0.487 e. The highest BCUT2D eigenvalue weighted by Crippen LogP contribution is 2.28. The van der Waals surface area contributed by atoms with Gasteiger partial charge in [0, 0.05) is 13.1 Å². The van der Waals surface area contributed by atoms with Crippen molar-refractivity contribution in [3.8, 4) is 5.75 Å². The van der Waals surface area contributed by atoms with E-state index in [-0.39, 0.29) is 17.5 Å². The summed E-state index contributed by atoms with van der Waals surface area (Å²) in [7, 11) is -3.62. The smallest absolute Gasteiger partial charge is 0.243 e. The lowest BCUT2D eigenvalue weighted by Crippen LogP contribution is -2.50. The van der Waals surface area contributed by atoms with Gasteiger partial charge >= 0.3 is 0 Å². The number of rotatable bonds is 6. The number of hydrogen-bond donors (Lipinski definition) is 0. The molecule has 1 aliphatic rings. The van der Waals surface area contributed by atoms with E-state index in [1.807, 2.05) is 30.3 Å². The third-order valence-electron chi connectivity index (χ3n) is 4.34. The van der Waals surface area contributed by atoms with Crippen LogP contribution in [0.25, 0.3) is 0 Å². The Labute approximate surface area is 156 Å². The predicted octanol–water partition coefficient (Wildman–Crippen LogP) is 2.24. The molecule has 0 bridgehead atoms. The number of ether oxygens (including phenoxy) is 1. The SMILES string of the molecule is O=S(=O)(c1ccc(F)cc1)N1CC(n2cc(COc3ccccc3)nn2)C1. The van der Waals surface area contributed by atoms with Crippen LogP contribution >= 0.6 is 0 Å². The Morgan fingerprint density at radius 1 is 1.07 bits per heavy atom. The Morgan fingerprint density at radius 2 is 1.78 bits per heavy atom. The highest BCUT2D eigenvalue weighted by atomic mass is 32.2. The van der Waals surface area contributed by atoms with Gasteiger partial charge in [0.15, 0.2) is 0 Å². The third-order valence-corrected chi connectivity index (χ3v) is 6.19. The number of hydrogen-bond acceptors (Lipinski definition) is 5. The summed E-state index contributed by atoms with van der Waals surface area (Å²) in [6.45, 7) is 0.873. The first-order valence-corrected chi connectivity index (χ1v) is 9.81. The van der Waals surface area contributed by atoms with Gasteiger partial charge in [-0.3, -0.25) is 0 Å². The summed E-state index contributed by atoms with van der Waals surface area (Å²) in [4.78, 5) is 0.0814. The molecule has 0 radical (unpaired) electrons. The molecule has 0 unspecified atom stereocenters. The number of nitrogens with zero attached hydrogens (tertiary/aromatic N) is 4. The highest BCUT2D eigenvalue weighted by molar-refractivity contribution is 7.89. The largest absolute Gasteiger partial charge is 0.487 e. The zero-order chi connectivity index (χ0) is 18.9. The summed E-state index contributed by atoms with van der Waals surface area (Å²) in [6.07, 6.45) is 1.76. The predicted molar refractivity (Wildman–Crippen MR) is 95.0 cm³/mol. The second-order valence-corrected chi connectivity index (χ2v) is 8.16. The van der Waals surface area contributed by atoms with Gasteiger partial charge in [0.1, 0.15) is 23.9 Å². The van der Waals surface area contributed by atoms with Crippen LogP contribution in [0.4, 0.5) is 4.39 Å². The number of para-hydroxylation sites is 1. The van der Waals surface area contributed by atoms with Gasteiger partial charge in [-0.05, 0) is 36.4 Å².